The third-order valence-corrected chi connectivity index (χ3v) is 5.43. The van der Waals surface area contributed by atoms with E-state index in [-0.39, 0.29) is 0 Å². The Morgan fingerprint density at radius 3 is 2.33 bits per heavy atom. The van der Waals surface area contributed by atoms with Crippen molar-refractivity contribution in [3.05, 3.63) is 93.0 Å². The van der Waals surface area contributed by atoms with Crippen molar-refractivity contribution in [2.45, 2.75) is 27.4 Å². The number of nitrogens with one attached hydrogen (secondary N) is 2. The van der Waals surface area contributed by atoms with Gasteiger partial charge in [-0.3, -0.25) is 9.59 Å². The van der Waals surface area contributed by atoms with E-state index >= 15 is 0 Å². The summed E-state index contributed by atoms with van der Waals surface area (Å²) in [5.41, 5.74) is 6.93. The number of benzene rings is 3. The van der Waals surface area contributed by atoms with Crippen LogP contribution in [0.3, 0.4) is 0 Å². The second-order valence-corrected chi connectivity index (χ2v) is 8.30. The van der Waals surface area contributed by atoms with Crippen LogP contribution in [-0.4, -0.2) is 17.5 Å². The smallest absolute Gasteiger partial charge is 0.329 e. The summed E-state index contributed by atoms with van der Waals surface area (Å²) in [6, 6.07) is 18.0. The van der Waals surface area contributed by atoms with Crippen molar-refractivity contribution < 1.29 is 14.3 Å². The van der Waals surface area contributed by atoms with Crippen molar-refractivity contribution in [3.8, 4) is 5.75 Å². The van der Waals surface area contributed by atoms with Crippen LogP contribution in [0.1, 0.15) is 29.2 Å². The van der Waals surface area contributed by atoms with E-state index in [1.165, 1.54) is 0 Å². The molecule has 0 heterocycles. The fraction of sp³-hybridized carbons (Fsp3) is 0.160. The van der Waals surface area contributed by atoms with Gasteiger partial charge in [-0.15, -0.1) is 0 Å². The summed E-state index contributed by atoms with van der Waals surface area (Å²) in [6.07, 6.45) is 0. The van der Waals surface area contributed by atoms with Crippen LogP contribution in [0.4, 0.5) is 5.69 Å². The number of hydrogen-bond acceptors (Lipinski definition) is 4. The zero-order valence-electron chi connectivity index (χ0n) is 18.4. The molecule has 3 aromatic rings. The van der Waals surface area contributed by atoms with Gasteiger partial charge in [0.2, 0.25) is 0 Å². The Morgan fingerprint density at radius 1 is 0.939 bits per heavy atom. The van der Waals surface area contributed by atoms with Gasteiger partial charge in [0.25, 0.3) is 0 Å². The molecule has 33 heavy (non-hydrogen) atoms. The molecule has 0 aliphatic carbocycles. The third kappa shape index (κ3) is 6.81. The summed E-state index contributed by atoms with van der Waals surface area (Å²) < 4.78 is 5.76. The average molecular weight is 484 g/mol. The second kappa shape index (κ2) is 11.0. The van der Waals surface area contributed by atoms with Crippen LogP contribution in [0.25, 0.3) is 0 Å². The Balaban J connectivity index is 1.55. The minimum atomic E-state index is -0.853. The van der Waals surface area contributed by atoms with Crippen LogP contribution >= 0.6 is 23.2 Å². The molecule has 0 fully saturated rings. The molecule has 0 radical (unpaired) electrons. The lowest BCUT2D eigenvalue weighted by Gasteiger charge is -2.09. The van der Waals surface area contributed by atoms with Crippen molar-refractivity contribution in [1.29, 1.82) is 0 Å². The summed E-state index contributed by atoms with van der Waals surface area (Å²) in [5, 5.41) is 7.72. The first-order valence-corrected chi connectivity index (χ1v) is 10.9. The van der Waals surface area contributed by atoms with Crippen molar-refractivity contribution in [1.82, 2.24) is 5.43 Å². The standard InChI is InChI=1S/C25H23Cl2N3O3/c1-15-4-11-23(16(2)12-15)28-24(31)25(32)30-29-17(3)18-6-9-21(10-7-18)33-14-19-5-8-20(26)13-22(19)27/h4-13H,14H2,1-3H3,(H,28,31)(H,30,32)/b29-17+. The van der Waals surface area contributed by atoms with Gasteiger partial charge in [-0.1, -0.05) is 47.0 Å². The minimum Gasteiger partial charge on any atom is -0.489 e. The van der Waals surface area contributed by atoms with Crippen LogP contribution in [0.5, 0.6) is 5.75 Å². The highest BCUT2D eigenvalue weighted by Gasteiger charge is 2.14. The van der Waals surface area contributed by atoms with E-state index in [0.29, 0.717) is 33.8 Å². The molecule has 0 atom stereocenters. The van der Waals surface area contributed by atoms with Crippen molar-refractivity contribution in [2.24, 2.45) is 5.10 Å². The third-order valence-electron chi connectivity index (χ3n) is 4.84. The first kappa shape index (κ1) is 24.3. The zero-order chi connectivity index (χ0) is 24.0. The number of aryl methyl sites for hydroxylation is 2. The molecule has 0 unspecified atom stereocenters. The van der Waals surface area contributed by atoms with E-state index in [1.54, 1.807) is 49.4 Å². The van der Waals surface area contributed by atoms with E-state index in [9.17, 15) is 9.59 Å². The molecular formula is C25H23Cl2N3O3. The number of carbonyl (C=O) groups excluding carboxylic acids is 2. The lowest BCUT2D eigenvalue weighted by Crippen LogP contribution is -2.33. The van der Waals surface area contributed by atoms with Gasteiger partial charge >= 0.3 is 11.8 Å². The maximum atomic E-state index is 12.1. The molecule has 0 aliphatic heterocycles. The topological polar surface area (TPSA) is 79.8 Å². The number of anilines is 1. The summed E-state index contributed by atoms with van der Waals surface area (Å²) in [6.45, 7) is 5.84. The van der Waals surface area contributed by atoms with E-state index in [1.807, 2.05) is 32.0 Å². The fourth-order valence-corrected chi connectivity index (χ4v) is 3.44. The predicted molar refractivity (Wildman–Crippen MR) is 132 cm³/mol. The lowest BCUT2D eigenvalue weighted by atomic mass is 10.1. The Bertz CT molecular complexity index is 1210. The zero-order valence-corrected chi connectivity index (χ0v) is 19.9. The number of amides is 2. The largest absolute Gasteiger partial charge is 0.489 e. The molecule has 2 amide bonds. The summed E-state index contributed by atoms with van der Waals surface area (Å²) in [4.78, 5) is 24.3. The Kier molecular flexibility index (Phi) is 8.09. The van der Waals surface area contributed by atoms with E-state index in [0.717, 1.165) is 22.3 Å². The molecule has 0 bridgehead atoms. The van der Waals surface area contributed by atoms with Crippen molar-refractivity contribution in [2.75, 3.05) is 5.32 Å². The first-order valence-electron chi connectivity index (χ1n) is 10.1. The summed E-state index contributed by atoms with van der Waals surface area (Å²) in [7, 11) is 0. The molecule has 6 nitrogen and oxygen atoms in total. The van der Waals surface area contributed by atoms with Crippen molar-refractivity contribution in [3.63, 3.8) is 0 Å². The van der Waals surface area contributed by atoms with E-state index < -0.39 is 11.8 Å². The van der Waals surface area contributed by atoms with Gasteiger partial charge in [0.1, 0.15) is 12.4 Å². The van der Waals surface area contributed by atoms with Gasteiger partial charge in [0.15, 0.2) is 0 Å². The summed E-state index contributed by atoms with van der Waals surface area (Å²) >= 11 is 12.1. The Morgan fingerprint density at radius 2 is 1.67 bits per heavy atom. The maximum Gasteiger partial charge on any atom is 0.329 e. The summed E-state index contributed by atoms with van der Waals surface area (Å²) in [5.74, 6) is -0.994. The number of rotatable bonds is 6. The molecule has 0 saturated heterocycles. The Labute approximate surface area is 202 Å². The Hall–Kier alpha value is -3.35. The molecule has 3 rings (SSSR count). The molecule has 2 N–H and O–H groups in total. The highest BCUT2D eigenvalue weighted by Crippen LogP contribution is 2.23. The lowest BCUT2D eigenvalue weighted by molar-refractivity contribution is -0.136. The van der Waals surface area contributed by atoms with Crippen LogP contribution in [0.15, 0.2) is 65.8 Å². The minimum absolute atomic E-state index is 0.300. The van der Waals surface area contributed by atoms with Crippen LogP contribution < -0.4 is 15.5 Å². The van der Waals surface area contributed by atoms with Gasteiger partial charge < -0.3 is 10.1 Å². The normalized spacial score (nSPS) is 11.1. The average Bonchev–Trinajstić information content (AvgIpc) is 2.78. The number of halogens is 2. The highest BCUT2D eigenvalue weighted by atomic mass is 35.5. The van der Waals surface area contributed by atoms with Crippen LogP contribution in [0, 0.1) is 13.8 Å². The molecule has 8 heteroatoms. The van der Waals surface area contributed by atoms with Gasteiger partial charge in [-0.2, -0.15) is 5.10 Å². The van der Waals surface area contributed by atoms with Gasteiger partial charge in [-0.25, -0.2) is 5.43 Å². The molecule has 0 spiro atoms. The second-order valence-electron chi connectivity index (χ2n) is 7.46. The SMILES string of the molecule is C/C(=N\NC(=O)C(=O)Nc1ccc(C)cc1C)c1ccc(OCc2ccc(Cl)cc2Cl)cc1. The predicted octanol–water partition coefficient (Wildman–Crippen LogP) is 5.67. The molecule has 0 saturated carbocycles. The molecule has 0 aliphatic rings. The maximum absolute atomic E-state index is 12.1. The number of carbonyl (C=O) groups is 2. The molecule has 3 aromatic carbocycles. The molecular weight excluding hydrogens is 461 g/mol. The van der Waals surface area contributed by atoms with Gasteiger partial charge in [0.05, 0.1) is 5.71 Å². The fourth-order valence-electron chi connectivity index (χ4n) is 2.98. The molecule has 170 valence electrons. The van der Waals surface area contributed by atoms with Crippen LogP contribution in [-0.2, 0) is 16.2 Å². The van der Waals surface area contributed by atoms with Crippen molar-refractivity contribution >= 4 is 46.4 Å². The monoisotopic (exact) mass is 483 g/mol. The number of hydrogen-bond donors (Lipinski definition) is 2. The molecule has 0 aromatic heterocycles. The van der Waals surface area contributed by atoms with Gasteiger partial charge in [-0.05, 0) is 74.4 Å². The number of nitrogens with zero attached hydrogens (tertiary/aromatic N) is 1. The van der Waals surface area contributed by atoms with Crippen LogP contribution in [0.2, 0.25) is 10.0 Å². The first-order chi connectivity index (χ1) is 15.7. The number of ether oxygens (including phenoxy) is 1. The number of hydrazone groups is 1. The van der Waals surface area contributed by atoms with E-state index in [4.69, 9.17) is 27.9 Å². The van der Waals surface area contributed by atoms with E-state index in [2.05, 4.69) is 15.8 Å². The van der Waals surface area contributed by atoms with Gasteiger partial charge in [0, 0.05) is 21.3 Å². The quantitative estimate of drug-likeness (QED) is 0.269. The highest BCUT2D eigenvalue weighted by molar-refractivity contribution is 6.39.